The van der Waals surface area contributed by atoms with E-state index in [-0.39, 0.29) is 18.4 Å². The number of carbonyl (C=O) groups excluding carboxylic acids is 2. The Kier molecular flexibility index (Phi) is 6.24. The summed E-state index contributed by atoms with van der Waals surface area (Å²) in [6.07, 6.45) is 3.56. The third kappa shape index (κ3) is 4.16. The van der Waals surface area contributed by atoms with Crippen molar-refractivity contribution in [2.45, 2.75) is 52.6 Å². The van der Waals surface area contributed by atoms with E-state index in [1.165, 1.54) is 24.7 Å². The summed E-state index contributed by atoms with van der Waals surface area (Å²) >= 11 is 6.12. The van der Waals surface area contributed by atoms with E-state index in [9.17, 15) is 9.59 Å². The molecule has 31 heavy (non-hydrogen) atoms. The molecule has 6 heteroatoms. The van der Waals surface area contributed by atoms with Gasteiger partial charge in [-0.25, -0.2) is 4.79 Å². The molecule has 0 bridgehead atoms. The molecule has 0 unspecified atom stereocenters. The van der Waals surface area contributed by atoms with Gasteiger partial charge < -0.3 is 14.5 Å². The van der Waals surface area contributed by atoms with Crippen molar-refractivity contribution in [3.8, 4) is 11.1 Å². The predicted octanol–water partition coefficient (Wildman–Crippen LogP) is 5.26. The highest BCUT2D eigenvalue weighted by Crippen LogP contribution is 2.40. The lowest BCUT2D eigenvalue weighted by atomic mass is 9.84. The second-order valence-corrected chi connectivity index (χ2v) is 8.94. The highest BCUT2D eigenvalue weighted by Gasteiger charge is 2.32. The van der Waals surface area contributed by atoms with Gasteiger partial charge in [-0.05, 0) is 84.2 Å². The summed E-state index contributed by atoms with van der Waals surface area (Å²) in [6.45, 7) is 7.03. The topological polar surface area (TPSA) is 49.9 Å². The third-order valence-electron chi connectivity index (χ3n) is 6.68. The molecular weight excluding hydrogens is 412 g/mol. The van der Waals surface area contributed by atoms with Gasteiger partial charge in [0.05, 0.1) is 13.5 Å². The number of likely N-dealkylation sites (tertiary alicyclic amines) is 1. The average molecular weight is 441 g/mol. The molecule has 0 aliphatic carbocycles. The van der Waals surface area contributed by atoms with Crippen molar-refractivity contribution in [1.82, 2.24) is 9.80 Å². The van der Waals surface area contributed by atoms with Crippen LogP contribution in [0.4, 0.5) is 4.79 Å². The SMILES string of the molecule is COC(=O)Cc1c(C)c2c(c(C)c1-c1ccc(Cl)cc1)CN(C(=O)N1CCCCC1)C2. The van der Waals surface area contributed by atoms with Crippen LogP contribution < -0.4 is 0 Å². The lowest BCUT2D eigenvalue weighted by Crippen LogP contribution is -2.43. The number of carbonyl (C=O) groups is 2. The van der Waals surface area contributed by atoms with Crippen LogP contribution in [0.15, 0.2) is 24.3 Å². The molecule has 0 N–H and O–H groups in total. The molecule has 164 valence electrons. The first kappa shape index (κ1) is 21.7. The van der Waals surface area contributed by atoms with Gasteiger partial charge >= 0.3 is 12.0 Å². The minimum Gasteiger partial charge on any atom is -0.469 e. The molecule has 2 heterocycles. The minimum atomic E-state index is -0.267. The van der Waals surface area contributed by atoms with E-state index in [1.807, 2.05) is 34.1 Å². The van der Waals surface area contributed by atoms with E-state index < -0.39 is 0 Å². The first-order chi connectivity index (χ1) is 14.9. The van der Waals surface area contributed by atoms with Gasteiger partial charge in [-0.3, -0.25) is 4.79 Å². The molecule has 2 aromatic carbocycles. The molecule has 2 amide bonds. The van der Waals surface area contributed by atoms with Crippen molar-refractivity contribution < 1.29 is 14.3 Å². The van der Waals surface area contributed by atoms with Crippen LogP contribution in [0.5, 0.6) is 0 Å². The van der Waals surface area contributed by atoms with Gasteiger partial charge in [0.1, 0.15) is 0 Å². The summed E-state index contributed by atoms with van der Waals surface area (Å²) in [4.78, 5) is 29.3. The number of hydrogen-bond donors (Lipinski definition) is 0. The van der Waals surface area contributed by atoms with Crippen LogP contribution in [0.1, 0.15) is 47.1 Å². The lowest BCUT2D eigenvalue weighted by molar-refractivity contribution is -0.139. The molecule has 2 aliphatic rings. The second kappa shape index (κ2) is 8.91. The molecule has 0 saturated carbocycles. The Morgan fingerprint density at radius 2 is 1.55 bits per heavy atom. The molecule has 5 nitrogen and oxygen atoms in total. The van der Waals surface area contributed by atoms with Crippen LogP contribution in [0.25, 0.3) is 11.1 Å². The van der Waals surface area contributed by atoms with E-state index in [0.29, 0.717) is 18.1 Å². The summed E-state index contributed by atoms with van der Waals surface area (Å²) < 4.78 is 4.99. The average Bonchev–Trinajstić information content (AvgIpc) is 3.24. The molecule has 0 radical (unpaired) electrons. The van der Waals surface area contributed by atoms with E-state index in [0.717, 1.165) is 53.7 Å². The number of nitrogens with zero attached hydrogens (tertiary/aromatic N) is 2. The molecule has 4 rings (SSSR count). The van der Waals surface area contributed by atoms with Crippen molar-refractivity contribution in [1.29, 1.82) is 0 Å². The summed E-state index contributed by atoms with van der Waals surface area (Å²) in [7, 11) is 1.42. The molecule has 0 aromatic heterocycles. The van der Waals surface area contributed by atoms with Gasteiger partial charge in [-0.2, -0.15) is 0 Å². The van der Waals surface area contributed by atoms with Crippen LogP contribution in [-0.2, 0) is 29.0 Å². The number of piperidine rings is 1. The fourth-order valence-corrected chi connectivity index (χ4v) is 5.06. The zero-order chi connectivity index (χ0) is 22.1. The number of fused-ring (bicyclic) bond motifs is 1. The molecule has 2 aliphatic heterocycles. The van der Waals surface area contributed by atoms with Crippen molar-refractivity contribution in [3.63, 3.8) is 0 Å². The van der Waals surface area contributed by atoms with Gasteiger partial charge in [-0.15, -0.1) is 0 Å². The standard InChI is InChI=1S/C25H29ClN2O3/c1-16-20(13-23(29)31-3)24(18-7-9-19(26)10-8-18)17(2)22-15-28(14-21(16)22)25(30)27-11-5-4-6-12-27/h7-10H,4-6,11-15H2,1-3H3. The Morgan fingerprint density at radius 1 is 0.935 bits per heavy atom. The van der Waals surface area contributed by atoms with Gasteiger partial charge in [0, 0.05) is 31.2 Å². The highest BCUT2D eigenvalue weighted by atomic mass is 35.5. The molecular formula is C25H29ClN2O3. The maximum atomic E-state index is 13.2. The molecule has 2 aromatic rings. The van der Waals surface area contributed by atoms with Crippen LogP contribution >= 0.6 is 11.6 Å². The number of methoxy groups -OCH3 is 1. The van der Waals surface area contributed by atoms with Gasteiger partial charge in [0.2, 0.25) is 0 Å². The highest BCUT2D eigenvalue weighted by molar-refractivity contribution is 6.30. The Bertz CT molecular complexity index is 1010. The predicted molar refractivity (Wildman–Crippen MR) is 122 cm³/mol. The van der Waals surface area contributed by atoms with Gasteiger partial charge in [-0.1, -0.05) is 23.7 Å². The van der Waals surface area contributed by atoms with Gasteiger partial charge in [0.25, 0.3) is 0 Å². The Morgan fingerprint density at radius 3 is 2.16 bits per heavy atom. The van der Waals surface area contributed by atoms with Crippen molar-refractivity contribution in [2.24, 2.45) is 0 Å². The summed E-state index contributed by atoms with van der Waals surface area (Å²) in [5, 5.41) is 0.673. The van der Waals surface area contributed by atoms with Crippen LogP contribution in [-0.4, -0.2) is 42.0 Å². The molecule has 1 saturated heterocycles. The van der Waals surface area contributed by atoms with Crippen LogP contribution in [0.2, 0.25) is 5.02 Å². The fourth-order valence-electron chi connectivity index (χ4n) is 4.93. The summed E-state index contributed by atoms with van der Waals surface area (Å²) in [5.41, 5.74) is 7.59. The monoisotopic (exact) mass is 440 g/mol. The first-order valence-corrected chi connectivity index (χ1v) is 11.3. The minimum absolute atomic E-state index is 0.122. The zero-order valence-electron chi connectivity index (χ0n) is 18.5. The zero-order valence-corrected chi connectivity index (χ0v) is 19.2. The van der Waals surface area contributed by atoms with Gasteiger partial charge in [0.15, 0.2) is 0 Å². The molecule has 1 fully saturated rings. The number of amides is 2. The maximum Gasteiger partial charge on any atom is 0.320 e. The first-order valence-electron chi connectivity index (χ1n) is 10.9. The smallest absolute Gasteiger partial charge is 0.320 e. The fraction of sp³-hybridized carbons (Fsp3) is 0.440. The van der Waals surface area contributed by atoms with E-state index in [2.05, 4.69) is 13.8 Å². The Hall–Kier alpha value is -2.53. The van der Waals surface area contributed by atoms with Crippen molar-refractivity contribution in [2.75, 3.05) is 20.2 Å². The maximum absolute atomic E-state index is 13.2. The number of urea groups is 1. The summed E-state index contributed by atoms with van der Waals surface area (Å²) in [5.74, 6) is -0.267. The lowest BCUT2D eigenvalue weighted by Gasteiger charge is -2.30. The van der Waals surface area contributed by atoms with Crippen molar-refractivity contribution in [3.05, 3.63) is 57.1 Å². The van der Waals surface area contributed by atoms with E-state index >= 15 is 0 Å². The third-order valence-corrected chi connectivity index (χ3v) is 6.93. The van der Waals surface area contributed by atoms with E-state index in [1.54, 1.807) is 0 Å². The quantitative estimate of drug-likeness (QED) is 0.611. The largest absolute Gasteiger partial charge is 0.469 e. The second-order valence-electron chi connectivity index (χ2n) is 8.51. The number of esters is 1. The normalized spacial score (nSPS) is 15.7. The Labute approximate surface area is 188 Å². The van der Waals surface area contributed by atoms with E-state index in [4.69, 9.17) is 16.3 Å². The molecule has 0 spiro atoms. The number of ether oxygens (including phenoxy) is 1. The number of rotatable bonds is 3. The van der Waals surface area contributed by atoms with Crippen LogP contribution in [0.3, 0.4) is 0 Å². The number of hydrogen-bond acceptors (Lipinski definition) is 3. The summed E-state index contributed by atoms with van der Waals surface area (Å²) in [6, 6.07) is 7.84. The number of benzene rings is 2. The van der Waals surface area contributed by atoms with Crippen LogP contribution in [0, 0.1) is 13.8 Å². The Balaban J connectivity index is 1.76. The number of halogens is 1. The van der Waals surface area contributed by atoms with Crippen molar-refractivity contribution >= 4 is 23.6 Å². The molecule has 0 atom stereocenters.